The summed E-state index contributed by atoms with van der Waals surface area (Å²) in [4.78, 5) is 20.7. The second kappa shape index (κ2) is 6.01. The van der Waals surface area contributed by atoms with Crippen LogP contribution in [0, 0.1) is 6.92 Å². The number of benzene rings is 1. The molecule has 0 aliphatic carbocycles. The van der Waals surface area contributed by atoms with Crippen LogP contribution in [0.15, 0.2) is 36.7 Å². The lowest BCUT2D eigenvalue weighted by atomic mass is 10.3. The number of carbonyl (C=O) groups excluding carboxylic acids is 1. The molecule has 114 valence electrons. The maximum atomic E-state index is 12.0. The van der Waals surface area contributed by atoms with E-state index in [-0.39, 0.29) is 5.91 Å². The molecule has 0 aliphatic rings. The van der Waals surface area contributed by atoms with Gasteiger partial charge in [-0.15, -0.1) is 0 Å². The van der Waals surface area contributed by atoms with Crippen molar-refractivity contribution in [1.29, 1.82) is 0 Å². The van der Waals surface area contributed by atoms with Crippen LogP contribution in [0.2, 0.25) is 0 Å². The van der Waals surface area contributed by atoms with Gasteiger partial charge in [0.1, 0.15) is 11.6 Å². The Bertz CT molecular complexity index is 802. The first kappa shape index (κ1) is 14.3. The van der Waals surface area contributed by atoms with Crippen molar-refractivity contribution in [1.82, 2.24) is 24.4 Å². The lowest BCUT2D eigenvalue weighted by Crippen LogP contribution is -2.25. The highest BCUT2D eigenvalue weighted by atomic mass is 16.1. The topological polar surface area (TPSA) is 64.7 Å². The number of aromatic nitrogens is 4. The van der Waals surface area contributed by atoms with E-state index < -0.39 is 0 Å². The summed E-state index contributed by atoms with van der Waals surface area (Å²) in [5, 5.41) is 2.90. The fraction of sp³-hybridized carbons (Fsp3) is 0.312. The molecule has 2 aromatic heterocycles. The van der Waals surface area contributed by atoms with Crippen molar-refractivity contribution in [2.75, 3.05) is 0 Å². The first-order valence-corrected chi connectivity index (χ1v) is 7.30. The Hall–Kier alpha value is -2.63. The highest BCUT2D eigenvalue weighted by molar-refractivity contribution is 5.77. The number of aryl methyl sites for hydroxylation is 3. The summed E-state index contributed by atoms with van der Waals surface area (Å²) in [6.07, 6.45) is 4.01. The molecule has 0 atom stereocenters. The number of fused-ring (bicyclic) bond motifs is 1. The number of carbonyl (C=O) groups is 1. The van der Waals surface area contributed by atoms with Gasteiger partial charge in [-0.05, 0) is 19.1 Å². The average molecular weight is 297 g/mol. The van der Waals surface area contributed by atoms with Gasteiger partial charge in [0, 0.05) is 32.4 Å². The summed E-state index contributed by atoms with van der Waals surface area (Å²) in [6, 6.07) is 7.97. The van der Waals surface area contributed by atoms with Crippen LogP contribution in [0.3, 0.4) is 0 Å². The largest absolute Gasteiger partial charge is 0.349 e. The Kier molecular flexibility index (Phi) is 3.91. The molecule has 0 radical (unpaired) electrons. The van der Waals surface area contributed by atoms with Crippen LogP contribution in [0.4, 0.5) is 0 Å². The Morgan fingerprint density at radius 2 is 2.14 bits per heavy atom. The summed E-state index contributed by atoms with van der Waals surface area (Å²) in [5.74, 6) is 1.79. The van der Waals surface area contributed by atoms with Gasteiger partial charge < -0.3 is 14.5 Å². The Balaban J connectivity index is 1.60. The monoisotopic (exact) mass is 297 g/mol. The Labute approximate surface area is 128 Å². The molecule has 0 fully saturated rings. The minimum Gasteiger partial charge on any atom is -0.349 e. The third kappa shape index (κ3) is 2.86. The van der Waals surface area contributed by atoms with Crippen molar-refractivity contribution < 1.29 is 4.79 Å². The van der Waals surface area contributed by atoms with Crippen LogP contribution in [0.5, 0.6) is 0 Å². The number of para-hydroxylation sites is 2. The predicted molar refractivity (Wildman–Crippen MR) is 84.1 cm³/mol. The SMILES string of the molecule is Cc1nc2ccccc2n1CCC(=O)NCc1nccn1C. The van der Waals surface area contributed by atoms with E-state index in [0.29, 0.717) is 19.5 Å². The van der Waals surface area contributed by atoms with E-state index in [1.165, 1.54) is 0 Å². The van der Waals surface area contributed by atoms with E-state index in [1.807, 2.05) is 49.0 Å². The first-order chi connectivity index (χ1) is 10.6. The lowest BCUT2D eigenvalue weighted by Gasteiger charge is -2.08. The highest BCUT2D eigenvalue weighted by Crippen LogP contribution is 2.15. The minimum absolute atomic E-state index is 0.0141. The van der Waals surface area contributed by atoms with E-state index in [4.69, 9.17) is 0 Å². The van der Waals surface area contributed by atoms with Gasteiger partial charge in [-0.3, -0.25) is 4.79 Å². The molecule has 0 unspecified atom stereocenters. The van der Waals surface area contributed by atoms with E-state index in [1.54, 1.807) is 6.20 Å². The fourth-order valence-electron chi connectivity index (χ4n) is 2.52. The van der Waals surface area contributed by atoms with Crippen molar-refractivity contribution in [3.05, 3.63) is 48.3 Å². The molecule has 1 aromatic carbocycles. The van der Waals surface area contributed by atoms with Crippen LogP contribution in [-0.2, 0) is 24.9 Å². The van der Waals surface area contributed by atoms with Crippen LogP contribution in [-0.4, -0.2) is 25.0 Å². The van der Waals surface area contributed by atoms with E-state index in [2.05, 4.69) is 19.9 Å². The van der Waals surface area contributed by atoms with Gasteiger partial charge in [0.05, 0.1) is 17.6 Å². The van der Waals surface area contributed by atoms with Gasteiger partial charge in [0.15, 0.2) is 0 Å². The first-order valence-electron chi connectivity index (χ1n) is 7.30. The quantitative estimate of drug-likeness (QED) is 0.781. The zero-order valence-electron chi connectivity index (χ0n) is 12.8. The molecule has 0 saturated heterocycles. The highest BCUT2D eigenvalue weighted by Gasteiger charge is 2.09. The lowest BCUT2D eigenvalue weighted by molar-refractivity contribution is -0.121. The molecule has 3 rings (SSSR count). The summed E-state index contributed by atoms with van der Waals surface area (Å²) in [7, 11) is 1.91. The Morgan fingerprint density at radius 1 is 1.32 bits per heavy atom. The zero-order chi connectivity index (χ0) is 15.5. The predicted octanol–water partition coefficient (Wildman–Crippen LogP) is 1.78. The van der Waals surface area contributed by atoms with Crippen molar-refractivity contribution in [2.45, 2.75) is 26.4 Å². The number of rotatable bonds is 5. The molecule has 0 bridgehead atoms. The second-order valence-corrected chi connectivity index (χ2v) is 5.28. The molecular weight excluding hydrogens is 278 g/mol. The van der Waals surface area contributed by atoms with Crippen LogP contribution >= 0.6 is 0 Å². The van der Waals surface area contributed by atoms with Crippen molar-refractivity contribution >= 4 is 16.9 Å². The maximum absolute atomic E-state index is 12.0. The zero-order valence-corrected chi connectivity index (χ0v) is 12.8. The standard InChI is InChI=1S/C16H19N5O/c1-12-19-13-5-3-4-6-14(13)21(12)9-7-16(22)18-11-15-17-8-10-20(15)2/h3-6,8,10H,7,9,11H2,1-2H3,(H,18,22). The number of imidazole rings is 2. The van der Waals surface area contributed by atoms with Gasteiger partial charge >= 0.3 is 0 Å². The molecular formula is C16H19N5O. The Morgan fingerprint density at radius 3 is 2.91 bits per heavy atom. The van der Waals surface area contributed by atoms with Crippen LogP contribution in [0.1, 0.15) is 18.1 Å². The maximum Gasteiger partial charge on any atom is 0.222 e. The number of amides is 1. The fourth-order valence-corrected chi connectivity index (χ4v) is 2.52. The number of hydrogen-bond donors (Lipinski definition) is 1. The summed E-state index contributed by atoms with van der Waals surface area (Å²) < 4.78 is 3.98. The van der Waals surface area contributed by atoms with E-state index >= 15 is 0 Å². The molecule has 22 heavy (non-hydrogen) atoms. The van der Waals surface area contributed by atoms with Crippen molar-refractivity contribution in [2.24, 2.45) is 7.05 Å². The smallest absolute Gasteiger partial charge is 0.222 e. The van der Waals surface area contributed by atoms with Crippen molar-refractivity contribution in [3.63, 3.8) is 0 Å². The van der Waals surface area contributed by atoms with Crippen molar-refractivity contribution in [3.8, 4) is 0 Å². The van der Waals surface area contributed by atoms with E-state index in [0.717, 1.165) is 22.7 Å². The third-order valence-electron chi connectivity index (χ3n) is 3.77. The molecule has 2 heterocycles. The average Bonchev–Trinajstić information content (AvgIpc) is 3.05. The van der Waals surface area contributed by atoms with E-state index in [9.17, 15) is 4.79 Å². The van der Waals surface area contributed by atoms with Gasteiger partial charge in [0.2, 0.25) is 5.91 Å². The summed E-state index contributed by atoms with van der Waals surface area (Å²) >= 11 is 0. The van der Waals surface area contributed by atoms with Gasteiger partial charge in [-0.2, -0.15) is 0 Å². The molecule has 1 amide bonds. The van der Waals surface area contributed by atoms with Crippen LogP contribution < -0.4 is 5.32 Å². The summed E-state index contributed by atoms with van der Waals surface area (Å²) in [6.45, 7) is 3.04. The third-order valence-corrected chi connectivity index (χ3v) is 3.77. The van der Waals surface area contributed by atoms with Gasteiger partial charge in [0.25, 0.3) is 0 Å². The molecule has 0 spiro atoms. The van der Waals surface area contributed by atoms with Gasteiger partial charge in [-0.25, -0.2) is 9.97 Å². The number of nitrogens with one attached hydrogen (secondary N) is 1. The molecule has 3 aromatic rings. The van der Waals surface area contributed by atoms with Crippen LogP contribution in [0.25, 0.3) is 11.0 Å². The normalized spacial score (nSPS) is 11.0. The summed E-state index contributed by atoms with van der Waals surface area (Å²) in [5.41, 5.74) is 2.03. The second-order valence-electron chi connectivity index (χ2n) is 5.28. The minimum atomic E-state index is 0.0141. The van der Waals surface area contributed by atoms with Gasteiger partial charge in [-0.1, -0.05) is 12.1 Å². The molecule has 6 nitrogen and oxygen atoms in total. The molecule has 0 aliphatic heterocycles. The number of nitrogens with zero attached hydrogens (tertiary/aromatic N) is 4. The number of hydrogen-bond acceptors (Lipinski definition) is 3. The molecule has 1 N–H and O–H groups in total. The molecule has 6 heteroatoms. The molecule has 0 saturated carbocycles.